The fourth-order valence-electron chi connectivity index (χ4n) is 3.27. The van der Waals surface area contributed by atoms with E-state index in [1.54, 1.807) is 48.5 Å². The summed E-state index contributed by atoms with van der Waals surface area (Å²) in [7, 11) is -3.60. The van der Waals surface area contributed by atoms with E-state index in [4.69, 9.17) is 0 Å². The van der Waals surface area contributed by atoms with Crippen LogP contribution >= 0.6 is 0 Å². The lowest BCUT2D eigenvalue weighted by Crippen LogP contribution is -2.38. The van der Waals surface area contributed by atoms with Gasteiger partial charge in [0.1, 0.15) is 11.1 Å². The maximum absolute atomic E-state index is 12.5. The summed E-state index contributed by atoms with van der Waals surface area (Å²) in [5.41, 5.74) is 2.97. The van der Waals surface area contributed by atoms with Crippen LogP contribution in [-0.4, -0.2) is 20.9 Å². The molecule has 148 valence electrons. The highest BCUT2D eigenvalue weighted by Crippen LogP contribution is 2.30. The van der Waals surface area contributed by atoms with Crippen molar-refractivity contribution in [2.45, 2.75) is 17.5 Å². The van der Waals surface area contributed by atoms with Crippen LogP contribution in [0.3, 0.4) is 0 Å². The number of hydrogen-bond donors (Lipinski definition) is 3. The van der Waals surface area contributed by atoms with Crippen molar-refractivity contribution >= 4 is 21.6 Å². The monoisotopic (exact) mass is 407 g/mol. The molecule has 1 unspecified atom stereocenters. The zero-order chi connectivity index (χ0) is 20.3. The number of carbonyl (C=O) groups is 1. The topological polar surface area (TPSA) is 87.3 Å². The average molecular weight is 407 g/mol. The summed E-state index contributed by atoms with van der Waals surface area (Å²) in [5.74, 6) is -0.157. The van der Waals surface area contributed by atoms with Crippen LogP contribution in [0.5, 0.6) is 0 Å². The van der Waals surface area contributed by atoms with E-state index in [-0.39, 0.29) is 10.8 Å². The quantitative estimate of drug-likeness (QED) is 0.607. The zero-order valence-electron chi connectivity index (χ0n) is 15.6. The second-order valence-electron chi connectivity index (χ2n) is 6.81. The van der Waals surface area contributed by atoms with E-state index in [0.717, 1.165) is 12.0 Å². The van der Waals surface area contributed by atoms with Gasteiger partial charge in [-0.1, -0.05) is 54.6 Å². The maximum atomic E-state index is 12.5. The van der Waals surface area contributed by atoms with Crippen LogP contribution in [0.25, 0.3) is 0 Å². The minimum absolute atomic E-state index is 0.157. The van der Waals surface area contributed by atoms with Crippen molar-refractivity contribution in [2.75, 3.05) is 11.9 Å². The summed E-state index contributed by atoms with van der Waals surface area (Å²) < 4.78 is 27.5. The zero-order valence-corrected chi connectivity index (χ0v) is 16.4. The number of amides is 1. The Morgan fingerprint density at radius 3 is 2.34 bits per heavy atom. The molecule has 29 heavy (non-hydrogen) atoms. The smallest absolute Gasteiger partial charge is 0.251 e. The van der Waals surface area contributed by atoms with E-state index in [1.807, 2.05) is 30.3 Å². The first-order chi connectivity index (χ1) is 14.0. The highest BCUT2D eigenvalue weighted by atomic mass is 32.2. The van der Waals surface area contributed by atoms with E-state index >= 15 is 0 Å². The summed E-state index contributed by atoms with van der Waals surface area (Å²) >= 11 is 0. The van der Waals surface area contributed by atoms with E-state index in [9.17, 15) is 13.2 Å². The third-order valence-electron chi connectivity index (χ3n) is 4.80. The van der Waals surface area contributed by atoms with Crippen molar-refractivity contribution in [3.63, 3.8) is 0 Å². The van der Waals surface area contributed by atoms with Crippen molar-refractivity contribution in [1.82, 2.24) is 10.0 Å². The highest BCUT2D eigenvalue weighted by molar-refractivity contribution is 7.89. The van der Waals surface area contributed by atoms with Gasteiger partial charge in [-0.2, -0.15) is 4.72 Å². The van der Waals surface area contributed by atoms with Crippen LogP contribution in [0.15, 0.2) is 83.8 Å². The second kappa shape index (κ2) is 8.06. The van der Waals surface area contributed by atoms with Gasteiger partial charge < -0.3 is 10.6 Å². The summed E-state index contributed by atoms with van der Waals surface area (Å²) in [6.45, 7) is 0.547. The molecule has 3 aromatic carbocycles. The number of anilines is 1. The molecule has 0 spiro atoms. The number of sulfonamides is 1. The molecule has 0 aromatic heterocycles. The van der Waals surface area contributed by atoms with Gasteiger partial charge in [-0.25, -0.2) is 8.42 Å². The molecule has 4 rings (SSSR count). The number of benzene rings is 3. The number of fused-ring (bicyclic) bond motifs is 1. The molecule has 1 amide bonds. The van der Waals surface area contributed by atoms with Crippen LogP contribution < -0.4 is 15.4 Å². The van der Waals surface area contributed by atoms with E-state index in [2.05, 4.69) is 15.4 Å². The fraction of sp³-hybridized carbons (Fsp3) is 0.136. The Labute approximate surface area is 170 Å². The lowest BCUT2D eigenvalue weighted by atomic mass is 10.1. The van der Waals surface area contributed by atoms with Gasteiger partial charge in [0.15, 0.2) is 0 Å². The first kappa shape index (κ1) is 19.2. The largest absolute Gasteiger partial charge is 0.364 e. The molecule has 0 saturated carbocycles. The SMILES string of the molecule is O=C(NCCc1ccccc1)c1ccc(C2Nc3ccccc3S(=O)(=O)N2)cc1. The third-order valence-corrected chi connectivity index (χ3v) is 6.28. The molecule has 0 radical (unpaired) electrons. The van der Waals surface area contributed by atoms with Crippen molar-refractivity contribution in [2.24, 2.45) is 0 Å². The van der Waals surface area contributed by atoms with Gasteiger partial charge in [0.2, 0.25) is 10.0 Å². The Morgan fingerprint density at radius 1 is 0.897 bits per heavy atom. The fourth-order valence-corrected chi connectivity index (χ4v) is 4.58. The van der Waals surface area contributed by atoms with Crippen molar-refractivity contribution in [3.8, 4) is 0 Å². The molecule has 6 nitrogen and oxygen atoms in total. The molecule has 3 N–H and O–H groups in total. The molecule has 7 heteroatoms. The average Bonchev–Trinajstić information content (AvgIpc) is 2.74. The Morgan fingerprint density at radius 2 is 1.59 bits per heavy atom. The van der Waals surface area contributed by atoms with Crippen LogP contribution in [0, 0.1) is 0 Å². The summed E-state index contributed by atoms with van der Waals surface area (Å²) in [6, 6.07) is 23.6. The Kier molecular flexibility index (Phi) is 5.33. The van der Waals surface area contributed by atoms with Gasteiger partial charge in [0, 0.05) is 12.1 Å². The molecular weight excluding hydrogens is 386 g/mol. The number of nitrogens with one attached hydrogen (secondary N) is 3. The number of para-hydroxylation sites is 1. The third kappa shape index (κ3) is 4.31. The van der Waals surface area contributed by atoms with Gasteiger partial charge in [0.25, 0.3) is 5.91 Å². The van der Waals surface area contributed by atoms with Gasteiger partial charge in [-0.05, 0) is 41.8 Å². The second-order valence-corrected chi connectivity index (χ2v) is 8.49. The highest BCUT2D eigenvalue weighted by Gasteiger charge is 2.29. The molecule has 1 heterocycles. The number of carbonyl (C=O) groups excluding carboxylic acids is 1. The standard InChI is InChI=1S/C22H21N3O3S/c26-22(23-15-14-16-6-2-1-3-7-16)18-12-10-17(11-13-18)21-24-19-8-4-5-9-20(19)29(27,28)25-21/h1-13,21,24-25H,14-15H2,(H,23,26). The lowest BCUT2D eigenvalue weighted by Gasteiger charge is -2.28. The molecule has 0 bridgehead atoms. The van der Waals surface area contributed by atoms with Crippen molar-refractivity contribution in [3.05, 3.63) is 95.6 Å². The summed E-state index contributed by atoms with van der Waals surface area (Å²) in [4.78, 5) is 12.6. The predicted molar refractivity (Wildman–Crippen MR) is 112 cm³/mol. The molecule has 1 atom stereocenters. The Bertz CT molecular complexity index is 1110. The number of hydrogen-bond acceptors (Lipinski definition) is 4. The van der Waals surface area contributed by atoms with Crippen molar-refractivity contribution in [1.29, 1.82) is 0 Å². The minimum atomic E-state index is -3.60. The van der Waals surface area contributed by atoms with Gasteiger partial charge in [-0.15, -0.1) is 0 Å². The molecule has 0 aliphatic carbocycles. The van der Waals surface area contributed by atoms with Gasteiger partial charge in [0.05, 0.1) is 5.69 Å². The molecule has 0 fully saturated rings. The lowest BCUT2D eigenvalue weighted by molar-refractivity contribution is 0.0954. The predicted octanol–water partition coefficient (Wildman–Crippen LogP) is 3.06. The van der Waals surface area contributed by atoms with Crippen LogP contribution in [0.1, 0.15) is 27.7 Å². The minimum Gasteiger partial charge on any atom is -0.364 e. The summed E-state index contributed by atoms with van der Waals surface area (Å²) in [5, 5.41) is 6.09. The normalized spacial score (nSPS) is 17.0. The first-order valence-electron chi connectivity index (χ1n) is 9.33. The van der Waals surface area contributed by atoms with E-state index in [0.29, 0.717) is 17.8 Å². The van der Waals surface area contributed by atoms with Crippen LogP contribution in [-0.2, 0) is 16.4 Å². The van der Waals surface area contributed by atoms with Crippen molar-refractivity contribution < 1.29 is 13.2 Å². The van der Waals surface area contributed by atoms with E-state index < -0.39 is 16.2 Å². The van der Waals surface area contributed by atoms with Gasteiger partial charge in [-0.3, -0.25) is 4.79 Å². The molecule has 0 saturated heterocycles. The van der Waals surface area contributed by atoms with Gasteiger partial charge >= 0.3 is 0 Å². The first-order valence-corrected chi connectivity index (χ1v) is 10.8. The van der Waals surface area contributed by atoms with Crippen LogP contribution in [0.2, 0.25) is 0 Å². The van der Waals surface area contributed by atoms with Crippen LogP contribution in [0.4, 0.5) is 5.69 Å². The Hall–Kier alpha value is -3.16. The molecule has 3 aromatic rings. The Balaban J connectivity index is 1.41. The van der Waals surface area contributed by atoms with E-state index in [1.165, 1.54) is 5.56 Å². The molecular formula is C22H21N3O3S. The maximum Gasteiger partial charge on any atom is 0.251 e. The number of rotatable bonds is 5. The molecule has 1 aliphatic rings. The molecule has 1 aliphatic heterocycles. The summed E-state index contributed by atoms with van der Waals surface area (Å²) in [6.07, 6.45) is 0.169.